The van der Waals surface area contributed by atoms with E-state index in [0.29, 0.717) is 11.4 Å². The van der Waals surface area contributed by atoms with Crippen LogP contribution in [-0.2, 0) is 6.42 Å². The Bertz CT molecular complexity index is 237. The zero-order chi connectivity index (χ0) is 8.27. The summed E-state index contributed by atoms with van der Waals surface area (Å²) < 4.78 is 0. The number of rotatable bonds is 2. The van der Waals surface area contributed by atoms with Gasteiger partial charge in [0.25, 0.3) is 0 Å². The molecule has 0 aliphatic heterocycles. The zero-order valence-electron chi connectivity index (χ0n) is 6.29. The van der Waals surface area contributed by atoms with E-state index in [-0.39, 0.29) is 6.10 Å². The molecule has 0 spiro atoms. The Hall–Kier alpha value is -0.600. The maximum Gasteiger partial charge on any atom is 0.0622 e. The molecule has 1 N–H and O–H groups in total. The van der Waals surface area contributed by atoms with E-state index in [0.717, 1.165) is 5.56 Å². The summed E-state index contributed by atoms with van der Waals surface area (Å²) in [6.45, 7) is 1.73. The summed E-state index contributed by atoms with van der Waals surface area (Å²) in [5, 5.41) is 9.67. The molecule has 0 saturated carbocycles. The molecule has 0 radical (unpaired) electrons. The van der Waals surface area contributed by atoms with Crippen molar-refractivity contribution in [3.63, 3.8) is 0 Å². The van der Waals surface area contributed by atoms with Gasteiger partial charge in [-0.3, -0.25) is 4.98 Å². The summed E-state index contributed by atoms with van der Waals surface area (Å²) >= 11 is 5.79. The SMILES string of the molecule is CC(O)Cc1ccncc1Cl. The highest BCUT2D eigenvalue weighted by atomic mass is 35.5. The van der Waals surface area contributed by atoms with Crippen molar-refractivity contribution < 1.29 is 5.11 Å². The highest BCUT2D eigenvalue weighted by Crippen LogP contribution is 2.14. The van der Waals surface area contributed by atoms with Gasteiger partial charge in [-0.1, -0.05) is 11.6 Å². The van der Waals surface area contributed by atoms with Crippen LogP contribution in [0.1, 0.15) is 12.5 Å². The minimum Gasteiger partial charge on any atom is -0.393 e. The van der Waals surface area contributed by atoms with Gasteiger partial charge in [0.15, 0.2) is 0 Å². The van der Waals surface area contributed by atoms with E-state index in [1.807, 2.05) is 6.07 Å². The predicted octanol–water partition coefficient (Wildman–Crippen LogP) is 1.66. The second kappa shape index (κ2) is 3.69. The van der Waals surface area contributed by atoms with Gasteiger partial charge in [-0.25, -0.2) is 0 Å². The smallest absolute Gasteiger partial charge is 0.0622 e. The third-order valence-electron chi connectivity index (χ3n) is 1.37. The van der Waals surface area contributed by atoms with Crippen LogP contribution in [0.4, 0.5) is 0 Å². The minimum absolute atomic E-state index is 0.352. The zero-order valence-corrected chi connectivity index (χ0v) is 7.04. The molecule has 3 heteroatoms. The van der Waals surface area contributed by atoms with Crippen molar-refractivity contribution in [2.45, 2.75) is 19.4 Å². The Morgan fingerprint density at radius 1 is 1.73 bits per heavy atom. The van der Waals surface area contributed by atoms with Gasteiger partial charge in [-0.05, 0) is 25.0 Å². The molecule has 2 nitrogen and oxygen atoms in total. The number of nitrogens with zero attached hydrogens (tertiary/aromatic N) is 1. The Morgan fingerprint density at radius 2 is 2.45 bits per heavy atom. The van der Waals surface area contributed by atoms with Crippen LogP contribution in [0, 0.1) is 0 Å². The summed E-state index contributed by atoms with van der Waals surface area (Å²) in [5.41, 5.74) is 0.941. The average molecular weight is 172 g/mol. The molecular formula is C8H10ClNO. The summed E-state index contributed by atoms with van der Waals surface area (Å²) in [4.78, 5) is 3.84. The summed E-state index contributed by atoms with van der Waals surface area (Å²) in [7, 11) is 0. The molecule has 1 heterocycles. The first-order chi connectivity index (χ1) is 5.20. The Labute approximate surface area is 70.8 Å². The lowest BCUT2D eigenvalue weighted by molar-refractivity contribution is 0.195. The third-order valence-corrected chi connectivity index (χ3v) is 1.71. The topological polar surface area (TPSA) is 33.1 Å². The predicted molar refractivity (Wildman–Crippen MR) is 44.6 cm³/mol. The number of aliphatic hydroxyl groups excluding tert-OH is 1. The number of aliphatic hydroxyl groups is 1. The number of hydrogen-bond donors (Lipinski definition) is 1. The molecule has 1 rings (SSSR count). The van der Waals surface area contributed by atoms with Crippen LogP contribution in [0.5, 0.6) is 0 Å². The van der Waals surface area contributed by atoms with Crippen molar-refractivity contribution in [3.8, 4) is 0 Å². The molecule has 0 bridgehead atoms. The minimum atomic E-state index is -0.352. The van der Waals surface area contributed by atoms with Crippen molar-refractivity contribution in [2.24, 2.45) is 0 Å². The largest absolute Gasteiger partial charge is 0.393 e. The first kappa shape index (κ1) is 8.50. The van der Waals surface area contributed by atoms with Crippen LogP contribution in [0.25, 0.3) is 0 Å². The Balaban J connectivity index is 2.78. The molecule has 0 aliphatic carbocycles. The van der Waals surface area contributed by atoms with Crippen molar-refractivity contribution in [2.75, 3.05) is 0 Å². The fourth-order valence-corrected chi connectivity index (χ4v) is 1.08. The van der Waals surface area contributed by atoms with Gasteiger partial charge in [0, 0.05) is 12.4 Å². The summed E-state index contributed by atoms with van der Waals surface area (Å²) in [6, 6.07) is 1.81. The number of pyridine rings is 1. The van der Waals surface area contributed by atoms with Crippen LogP contribution in [-0.4, -0.2) is 16.2 Å². The van der Waals surface area contributed by atoms with E-state index in [4.69, 9.17) is 16.7 Å². The van der Waals surface area contributed by atoms with Gasteiger partial charge in [-0.15, -0.1) is 0 Å². The monoisotopic (exact) mass is 171 g/mol. The molecular weight excluding hydrogens is 162 g/mol. The van der Waals surface area contributed by atoms with E-state index in [9.17, 15) is 0 Å². The van der Waals surface area contributed by atoms with Gasteiger partial charge >= 0.3 is 0 Å². The molecule has 1 aromatic heterocycles. The molecule has 0 aliphatic rings. The molecule has 0 aromatic carbocycles. The molecule has 1 unspecified atom stereocenters. The molecule has 11 heavy (non-hydrogen) atoms. The van der Waals surface area contributed by atoms with Gasteiger partial charge in [0.1, 0.15) is 0 Å². The maximum atomic E-state index is 9.05. The van der Waals surface area contributed by atoms with E-state index >= 15 is 0 Å². The van der Waals surface area contributed by atoms with E-state index in [1.54, 1.807) is 19.3 Å². The number of hydrogen-bond acceptors (Lipinski definition) is 2. The van der Waals surface area contributed by atoms with Crippen molar-refractivity contribution in [1.82, 2.24) is 4.98 Å². The Morgan fingerprint density at radius 3 is 3.00 bits per heavy atom. The standard InChI is InChI=1S/C8H10ClNO/c1-6(11)4-7-2-3-10-5-8(7)9/h2-3,5-6,11H,4H2,1H3. The molecule has 0 saturated heterocycles. The van der Waals surface area contributed by atoms with E-state index < -0.39 is 0 Å². The van der Waals surface area contributed by atoms with Crippen LogP contribution < -0.4 is 0 Å². The average Bonchev–Trinajstić information content (AvgIpc) is 1.93. The molecule has 60 valence electrons. The number of aromatic nitrogens is 1. The third kappa shape index (κ3) is 2.48. The summed E-state index contributed by atoms with van der Waals surface area (Å²) in [6.07, 6.45) is 3.49. The lowest BCUT2D eigenvalue weighted by atomic mass is 10.1. The van der Waals surface area contributed by atoms with Crippen LogP contribution in [0.3, 0.4) is 0 Å². The fourth-order valence-electron chi connectivity index (χ4n) is 0.888. The lowest BCUT2D eigenvalue weighted by Gasteiger charge is -2.04. The molecule has 1 aromatic rings. The Kier molecular flexibility index (Phi) is 2.85. The fraction of sp³-hybridized carbons (Fsp3) is 0.375. The first-order valence-corrected chi connectivity index (χ1v) is 3.84. The normalized spacial score (nSPS) is 13.0. The first-order valence-electron chi connectivity index (χ1n) is 3.46. The lowest BCUT2D eigenvalue weighted by Crippen LogP contribution is -2.04. The van der Waals surface area contributed by atoms with Gasteiger partial charge in [0.05, 0.1) is 11.1 Å². The second-order valence-corrected chi connectivity index (χ2v) is 2.93. The van der Waals surface area contributed by atoms with Crippen LogP contribution in [0.2, 0.25) is 5.02 Å². The number of halogens is 1. The van der Waals surface area contributed by atoms with Gasteiger partial charge in [0.2, 0.25) is 0 Å². The van der Waals surface area contributed by atoms with Crippen LogP contribution in [0.15, 0.2) is 18.5 Å². The highest BCUT2D eigenvalue weighted by molar-refractivity contribution is 6.31. The van der Waals surface area contributed by atoms with Crippen molar-refractivity contribution in [1.29, 1.82) is 0 Å². The van der Waals surface area contributed by atoms with E-state index in [2.05, 4.69) is 4.98 Å². The second-order valence-electron chi connectivity index (χ2n) is 2.52. The maximum absolute atomic E-state index is 9.05. The highest BCUT2D eigenvalue weighted by Gasteiger charge is 2.02. The van der Waals surface area contributed by atoms with Gasteiger partial charge < -0.3 is 5.11 Å². The van der Waals surface area contributed by atoms with Crippen molar-refractivity contribution >= 4 is 11.6 Å². The molecule has 1 atom stereocenters. The molecule has 0 amide bonds. The van der Waals surface area contributed by atoms with E-state index in [1.165, 1.54) is 0 Å². The summed E-state index contributed by atoms with van der Waals surface area (Å²) in [5.74, 6) is 0. The van der Waals surface area contributed by atoms with Crippen molar-refractivity contribution in [3.05, 3.63) is 29.0 Å². The molecule has 0 fully saturated rings. The quantitative estimate of drug-likeness (QED) is 0.734. The van der Waals surface area contributed by atoms with Gasteiger partial charge in [-0.2, -0.15) is 0 Å². The van der Waals surface area contributed by atoms with Crippen LogP contribution >= 0.6 is 11.6 Å².